The van der Waals surface area contributed by atoms with Gasteiger partial charge in [-0.1, -0.05) is 5.16 Å². The van der Waals surface area contributed by atoms with E-state index in [0.29, 0.717) is 17.9 Å². The van der Waals surface area contributed by atoms with Gasteiger partial charge in [0.15, 0.2) is 0 Å². The number of rotatable bonds is 5. The number of nitrogens with one attached hydrogen (secondary N) is 1. The van der Waals surface area contributed by atoms with Crippen LogP contribution in [-0.2, 0) is 0 Å². The van der Waals surface area contributed by atoms with Crippen LogP contribution in [-0.4, -0.2) is 29.3 Å². The summed E-state index contributed by atoms with van der Waals surface area (Å²) in [7, 11) is 0. The molecule has 0 bridgehead atoms. The van der Waals surface area contributed by atoms with Crippen LogP contribution in [0.15, 0.2) is 10.7 Å². The van der Waals surface area contributed by atoms with Crippen molar-refractivity contribution in [1.29, 1.82) is 0 Å². The van der Waals surface area contributed by atoms with Crippen LogP contribution in [0.4, 0.5) is 0 Å². The summed E-state index contributed by atoms with van der Waals surface area (Å²) in [4.78, 5) is 11.7. The Balaban J connectivity index is 1.87. The van der Waals surface area contributed by atoms with Crippen LogP contribution in [0.3, 0.4) is 0 Å². The monoisotopic (exact) mass is 224 g/mol. The molecule has 1 aromatic rings. The minimum absolute atomic E-state index is 0.134. The second-order valence-corrected chi connectivity index (χ2v) is 4.45. The van der Waals surface area contributed by atoms with Gasteiger partial charge >= 0.3 is 0 Å². The number of aryl methyl sites for hydroxylation is 1. The molecule has 0 aromatic carbocycles. The summed E-state index contributed by atoms with van der Waals surface area (Å²) in [5.41, 5.74) is 0.620. The number of hydrogen-bond donors (Lipinski definition) is 2. The molecule has 1 saturated carbocycles. The molecule has 1 aliphatic rings. The van der Waals surface area contributed by atoms with Crippen molar-refractivity contribution in [2.24, 2.45) is 5.41 Å². The second kappa shape index (κ2) is 4.25. The lowest BCUT2D eigenvalue weighted by atomic mass is 10.0. The number of carbonyl (C=O) groups is 1. The Kier molecular flexibility index (Phi) is 2.96. The van der Waals surface area contributed by atoms with Crippen LogP contribution in [0, 0.1) is 12.3 Å². The summed E-state index contributed by atoms with van der Waals surface area (Å²) in [5.74, 6) is 0.382. The van der Waals surface area contributed by atoms with Gasteiger partial charge in [0.05, 0.1) is 6.20 Å². The molecule has 0 spiro atoms. The Bertz CT molecular complexity index is 382. The van der Waals surface area contributed by atoms with Gasteiger partial charge in [0.1, 0.15) is 11.3 Å². The van der Waals surface area contributed by atoms with Crippen LogP contribution in [0.25, 0.3) is 0 Å². The second-order valence-electron chi connectivity index (χ2n) is 4.45. The van der Waals surface area contributed by atoms with E-state index < -0.39 is 0 Å². The van der Waals surface area contributed by atoms with Gasteiger partial charge < -0.3 is 14.9 Å². The fourth-order valence-electron chi connectivity index (χ4n) is 1.81. The van der Waals surface area contributed by atoms with Crippen molar-refractivity contribution in [3.05, 3.63) is 17.5 Å². The maximum atomic E-state index is 11.7. The number of aliphatic hydroxyl groups excluding tert-OH is 1. The normalized spacial score (nSPS) is 17.1. The van der Waals surface area contributed by atoms with Crippen LogP contribution in [0.1, 0.15) is 35.4 Å². The van der Waals surface area contributed by atoms with Crippen molar-refractivity contribution in [2.75, 3.05) is 13.2 Å². The Morgan fingerprint density at radius 2 is 2.44 bits per heavy atom. The molecule has 0 saturated heterocycles. The Morgan fingerprint density at radius 1 is 1.69 bits per heavy atom. The maximum absolute atomic E-state index is 11.7. The van der Waals surface area contributed by atoms with Crippen molar-refractivity contribution in [1.82, 2.24) is 10.5 Å². The van der Waals surface area contributed by atoms with Gasteiger partial charge in [-0.25, -0.2) is 0 Å². The van der Waals surface area contributed by atoms with E-state index in [1.807, 2.05) is 0 Å². The van der Waals surface area contributed by atoms with Crippen molar-refractivity contribution >= 4 is 5.91 Å². The van der Waals surface area contributed by atoms with Crippen LogP contribution < -0.4 is 5.32 Å². The van der Waals surface area contributed by atoms with E-state index in [9.17, 15) is 4.79 Å². The first kappa shape index (κ1) is 11.1. The number of aliphatic hydroxyl groups is 1. The van der Waals surface area contributed by atoms with Crippen molar-refractivity contribution in [3.8, 4) is 0 Å². The molecule has 0 aliphatic heterocycles. The minimum Gasteiger partial charge on any atom is -0.396 e. The van der Waals surface area contributed by atoms with Gasteiger partial charge in [-0.3, -0.25) is 4.79 Å². The molecule has 16 heavy (non-hydrogen) atoms. The number of carbonyl (C=O) groups excluding carboxylic acids is 1. The molecule has 0 atom stereocenters. The SMILES string of the molecule is Cc1oncc1C(=O)NCC1(CCO)CC1. The Hall–Kier alpha value is -1.36. The highest BCUT2D eigenvalue weighted by Gasteiger charge is 2.42. The first-order valence-electron chi connectivity index (χ1n) is 5.47. The number of aromatic nitrogens is 1. The standard InChI is InChI=1S/C11H16N2O3/c1-8-9(6-13-16-8)10(15)12-7-11(2-3-11)4-5-14/h6,14H,2-5,7H2,1H3,(H,12,15). The molecule has 1 aliphatic carbocycles. The lowest BCUT2D eigenvalue weighted by Crippen LogP contribution is -2.30. The summed E-state index contributed by atoms with van der Waals surface area (Å²) >= 11 is 0. The summed E-state index contributed by atoms with van der Waals surface area (Å²) in [6, 6.07) is 0. The molecular weight excluding hydrogens is 208 g/mol. The fourth-order valence-corrected chi connectivity index (χ4v) is 1.81. The number of nitrogens with zero attached hydrogens (tertiary/aromatic N) is 1. The first-order valence-corrected chi connectivity index (χ1v) is 5.47. The van der Waals surface area contributed by atoms with Crippen LogP contribution in [0.2, 0.25) is 0 Å². The molecule has 1 amide bonds. The van der Waals surface area contributed by atoms with Gasteiger partial charge in [0.2, 0.25) is 0 Å². The smallest absolute Gasteiger partial charge is 0.256 e. The van der Waals surface area contributed by atoms with E-state index in [4.69, 9.17) is 9.63 Å². The third-order valence-corrected chi connectivity index (χ3v) is 3.22. The molecule has 0 radical (unpaired) electrons. The fraction of sp³-hybridized carbons (Fsp3) is 0.636. The number of hydrogen-bond acceptors (Lipinski definition) is 4. The van der Waals surface area contributed by atoms with Crippen molar-refractivity contribution < 1.29 is 14.4 Å². The summed E-state index contributed by atoms with van der Waals surface area (Å²) < 4.78 is 4.83. The van der Waals surface area contributed by atoms with E-state index in [2.05, 4.69) is 10.5 Å². The topological polar surface area (TPSA) is 75.4 Å². The average Bonchev–Trinajstić information content (AvgIpc) is 2.89. The maximum Gasteiger partial charge on any atom is 0.256 e. The zero-order valence-electron chi connectivity index (χ0n) is 9.32. The number of amides is 1. The molecule has 88 valence electrons. The molecule has 0 unspecified atom stereocenters. The highest BCUT2D eigenvalue weighted by Crippen LogP contribution is 2.47. The lowest BCUT2D eigenvalue weighted by molar-refractivity contribution is 0.0939. The third kappa shape index (κ3) is 2.24. The van der Waals surface area contributed by atoms with Gasteiger partial charge in [0, 0.05) is 13.2 Å². The zero-order chi connectivity index (χ0) is 11.6. The highest BCUT2D eigenvalue weighted by atomic mass is 16.5. The van der Waals surface area contributed by atoms with Gasteiger partial charge in [-0.15, -0.1) is 0 Å². The van der Waals surface area contributed by atoms with Gasteiger partial charge in [0.25, 0.3) is 5.91 Å². The average molecular weight is 224 g/mol. The predicted octanol–water partition coefficient (Wildman–Crippen LogP) is 0.875. The summed E-state index contributed by atoms with van der Waals surface area (Å²) in [5, 5.41) is 15.3. The van der Waals surface area contributed by atoms with Crippen molar-refractivity contribution in [2.45, 2.75) is 26.2 Å². The minimum atomic E-state index is -0.150. The van der Waals surface area contributed by atoms with Crippen LogP contribution >= 0.6 is 0 Å². The first-order chi connectivity index (χ1) is 7.67. The largest absolute Gasteiger partial charge is 0.396 e. The van der Waals surface area contributed by atoms with Crippen LogP contribution in [0.5, 0.6) is 0 Å². The van der Waals surface area contributed by atoms with Gasteiger partial charge in [-0.2, -0.15) is 0 Å². The van der Waals surface area contributed by atoms with E-state index >= 15 is 0 Å². The Labute approximate surface area is 93.8 Å². The van der Waals surface area contributed by atoms with E-state index in [1.54, 1.807) is 6.92 Å². The molecule has 5 heteroatoms. The molecule has 1 fully saturated rings. The van der Waals surface area contributed by atoms with E-state index in [1.165, 1.54) is 6.20 Å². The van der Waals surface area contributed by atoms with Gasteiger partial charge in [-0.05, 0) is 31.6 Å². The van der Waals surface area contributed by atoms with Crippen molar-refractivity contribution in [3.63, 3.8) is 0 Å². The Morgan fingerprint density at radius 3 is 2.94 bits per heavy atom. The summed E-state index contributed by atoms with van der Waals surface area (Å²) in [6.07, 6.45) is 4.35. The highest BCUT2D eigenvalue weighted by molar-refractivity contribution is 5.94. The third-order valence-electron chi connectivity index (χ3n) is 3.22. The molecule has 2 N–H and O–H groups in total. The quantitative estimate of drug-likeness (QED) is 0.778. The molecule has 1 heterocycles. The molecule has 2 rings (SSSR count). The molecule has 1 aromatic heterocycles. The van der Waals surface area contributed by atoms with E-state index in [-0.39, 0.29) is 17.9 Å². The molecular formula is C11H16N2O3. The summed E-state index contributed by atoms with van der Waals surface area (Å²) in [6.45, 7) is 2.52. The predicted molar refractivity (Wildman–Crippen MR) is 56.9 cm³/mol. The molecule has 5 nitrogen and oxygen atoms in total. The zero-order valence-corrected chi connectivity index (χ0v) is 9.32. The van der Waals surface area contributed by atoms with E-state index in [0.717, 1.165) is 19.3 Å². The lowest BCUT2D eigenvalue weighted by Gasteiger charge is -2.13.